The number of carbonyl (C=O) groups is 1. The average Bonchev–Trinajstić information content (AvgIpc) is 3.35. The lowest BCUT2D eigenvalue weighted by Crippen LogP contribution is -2.32. The fourth-order valence-corrected chi connectivity index (χ4v) is 3.09. The number of nitrogens with one attached hydrogen (secondary N) is 1. The van der Waals surface area contributed by atoms with Crippen molar-refractivity contribution in [3.8, 4) is 5.75 Å². The highest BCUT2D eigenvalue weighted by Gasteiger charge is 2.44. The summed E-state index contributed by atoms with van der Waals surface area (Å²) < 4.78 is 5.96. The minimum atomic E-state index is -0.0759. The third-order valence-electron chi connectivity index (χ3n) is 4.25. The Morgan fingerprint density at radius 1 is 1.23 bits per heavy atom. The molecule has 1 fully saturated rings. The zero-order valence-electron chi connectivity index (χ0n) is 12.4. The van der Waals surface area contributed by atoms with Gasteiger partial charge in [0.15, 0.2) is 0 Å². The molecule has 1 aliphatic carbocycles. The van der Waals surface area contributed by atoms with Crippen LogP contribution in [0.5, 0.6) is 5.75 Å². The van der Waals surface area contributed by atoms with Crippen LogP contribution in [0.4, 0.5) is 0 Å². The first-order valence-corrected chi connectivity index (χ1v) is 8.11. The van der Waals surface area contributed by atoms with E-state index in [4.69, 9.17) is 4.74 Å². The van der Waals surface area contributed by atoms with Crippen LogP contribution in [0.2, 0.25) is 0 Å². The molecule has 0 saturated heterocycles. The first kappa shape index (κ1) is 15.1. The number of rotatable bonds is 5. The summed E-state index contributed by atoms with van der Waals surface area (Å²) in [6.07, 6.45) is 2.24. The van der Waals surface area contributed by atoms with Gasteiger partial charge in [-0.1, -0.05) is 30.3 Å². The Labute approximate surface area is 138 Å². The first-order chi connectivity index (χ1) is 10.6. The monoisotopic (exact) mass is 359 g/mol. The number of halogens is 1. The van der Waals surface area contributed by atoms with E-state index >= 15 is 0 Å². The van der Waals surface area contributed by atoms with Gasteiger partial charge in [0.05, 0.1) is 12.7 Å². The third kappa shape index (κ3) is 3.02. The van der Waals surface area contributed by atoms with E-state index in [0.717, 1.165) is 17.3 Å². The topological polar surface area (TPSA) is 38.3 Å². The number of hydrogen-bond donors (Lipinski definition) is 1. The molecule has 22 heavy (non-hydrogen) atoms. The Kier molecular flexibility index (Phi) is 4.21. The second-order valence-electron chi connectivity index (χ2n) is 5.67. The molecule has 1 aliphatic rings. The van der Waals surface area contributed by atoms with E-state index in [2.05, 4.69) is 45.5 Å². The molecular formula is C18H18BrNO2. The lowest BCUT2D eigenvalue weighted by molar-refractivity contribution is 0.0948. The van der Waals surface area contributed by atoms with Crippen LogP contribution in [0.3, 0.4) is 0 Å². The van der Waals surface area contributed by atoms with Crippen LogP contribution in [0.15, 0.2) is 53.0 Å². The van der Waals surface area contributed by atoms with E-state index in [1.165, 1.54) is 5.56 Å². The summed E-state index contributed by atoms with van der Waals surface area (Å²) >= 11 is 3.42. The molecule has 4 heteroatoms. The standard InChI is InChI=1S/C18H18BrNO2/c1-22-14-7-8-16(19)15(11-14)17(21)20-12-18(9-10-18)13-5-3-2-4-6-13/h2-8,11H,9-10,12H2,1H3,(H,20,21). The van der Waals surface area contributed by atoms with Crippen molar-refractivity contribution in [3.05, 3.63) is 64.1 Å². The minimum Gasteiger partial charge on any atom is -0.497 e. The lowest BCUT2D eigenvalue weighted by Gasteiger charge is -2.17. The van der Waals surface area contributed by atoms with Gasteiger partial charge in [0.2, 0.25) is 0 Å². The van der Waals surface area contributed by atoms with E-state index in [9.17, 15) is 4.79 Å². The Morgan fingerprint density at radius 2 is 1.95 bits per heavy atom. The van der Waals surface area contributed by atoms with E-state index in [-0.39, 0.29) is 11.3 Å². The average molecular weight is 360 g/mol. The zero-order chi connectivity index (χ0) is 15.6. The van der Waals surface area contributed by atoms with Gasteiger partial charge in [-0.15, -0.1) is 0 Å². The third-order valence-corrected chi connectivity index (χ3v) is 4.94. The Balaban J connectivity index is 1.71. The molecule has 3 nitrogen and oxygen atoms in total. The van der Waals surface area contributed by atoms with E-state index in [1.807, 2.05) is 18.2 Å². The van der Waals surface area contributed by atoms with Crippen LogP contribution in [-0.4, -0.2) is 19.6 Å². The molecule has 2 aromatic carbocycles. The van der Waals surface area contributed by atoms with Gasteiger partial charge in [-0.25, -0.2) is 0 Å². The number of benzene rings is 2. The largest absolute Gasteiger partial charge is 0.497 e. The summed E-state index contributed by atoms with van der Waals surface area (Å²) in [6.45, 7) is 0.666. The maximum Gasteiger partial charge on any atom is 0.252 e. The van der Waals surface area contributed by atoms with Crippen molar-refractivity contribution in [2.75, 3.05) is 13.7 Å². The molecular weight excluding hydrogens is 342 g/mol. The molecule has 1 N–H and O–H groups in total. The smallest absolute Gasteiger partial charge is 0.252 e. The zero-order valence-corrected chi connectivity index (χ0v) is 14.0. The molecule has 0 atom stereocenters. The number of carbonyl (C=O) groups excluding carboxylic acids is 1. The molecule has 0 heterocycles. The molecule has 3 rings (SSSR count). The maximum atomic E-state index is 12.4. The van der Waals surface area contributed by atoms with Gasteiger partial charge in [0, 0.05) is 16.4 Å². The number of hydrogen-bond acceptors (Lipinski definition) is 2. The molecule has 0 radical (unpaired) electrons. The van der Waals surface area contributed by atoms with Gasteiger partial charge in [-0.3, -0.25) is 4.79 Å². The van der Waals surface area contributed by atoms with Gasteiger partial charge in [0.1, 0.15) is 5.75 Å². The van der Waals surface area contributed by atoms with Gasteiger partial charge in [-0.05, 0) is 52.5 Å². The van der Waals surface area contributed by atoms with E-state index in [1.54, 1.807) is 13.2 Å². The molecule has 2 aromatic rings. The van der Waals surface area contributed by atoms with Crippen LogP contribution in [-0.2, 0) is 5.41 Å². The van der Waals surface area contributed by atoms with Gasteiger partial charge in [-0.2, -0.15) is 0 Å². The summed E-state index contributed by atoms with van der Waals surface area (Å²) in [4.78, 5) is 12.4. The quantitative estimate of drug-likeness (QED) is 0.878. The van der Waals surface area contributed by atoms with Crippen LogP contribution < -0.4 is 10.1 Å². The predicted molar refractivity (Wildman–Crippen MR) is 90.4 cm³/mol. The van der Waals surface area contributed by atoms with Crippen molar-refractivity contribution in [3.63, 3.8) is 0 Å². The van der Waals surface area contributed by atoms with Crippen molar-refractivity contribution in [2.24, 2.45) is 0 Å². The lowest BCUT2D eigenvalue weighted by atomic mass is 9.96. The van der Waals surface area contributed by atoms with Crippen molar-refractivity contribution >= 4 is 21.8 Å². The van der Waals surface area contributed by atoms with Gasteiger partial charge in [0.25, 0.3) is 5.91 Å². The number of methoxy groups -OCH3 is 1. The van der Waals surface area contributed by atoms with Crippen molar-refractivity contribution in [1.82, 2.24) is 5.32 Å². The fourth-order valence-electron chi connectivity index (χ4n) is 2.66. The number of ether oxygens (including phenoxy) is 1. The van der Waals surface area contributed by atoms with Crippen LogP contribution >= 0.6 is 15.9 Å². The van der Waals surface area contributed by atoms with Crippen LogP contribution in [0.25, 0.3) is 0 Å². The molecule has 1 saturated carbocycles. The van der Waals surface area contributed by atoms with E-state index in [0.29, 0.717) is 17.9 Å². The molecule has 0 aromatic heterocycles. The van der Waals surface area contributed by atoms with Crippen molar-refractivity contribution in [1.29, 1.82) is 0 Å². The molecule has 0 aliphatic heterocycles. The van der Waals surface area contributed by atoms with Gasteiger partial charge >= 0.3 is 0 Å². The second-order valence-corrected chi connectivity index (χ2v) is 6.53. The summed E-state index contributed by atoms with van der Waals surface area (Å²) in [5, 5.41) is 3.07. The van der Waals surface area contributed by atoms with Crippen LogP contribution in [0, 0.1) is 0 Å². The Morgan fingerprint density at radius 3 is 2.59 bits per heavy atom. The Hall–Kier alpha value is -1.81. The SMILES string of the molecule is COc1ccc(Br)c(C(=O)NCC2(c3ccccc3)CC2)c1. The summed E-state index contributed by atoms with van der Waals surface area (Å²) in [6, 6.07) is 15.8. The van der Waals surface area contributed by atoms with E-state index < -0.39 is 0 Å². The predicted octanol–water partition coefficient (Wildman–Crippen LogP) is 3.92. The highest BCUT2D eigenvalue weighted by molar-refractivity contribution is 9.10. The number of amides is 1. The fraction of sp³-hybridized carbons (Fsp3) is 0.278. The summed E-state index contributed by atoms with van der Waals surface area (Å²) in [7, 11) is 1.60. The molecule has 0 bridgehead atoms. The summed E-state index contributed by atoms with van der Waals surface area (Å²) in [5.74, 6) is 0.602. The van der Waals surface area contributed by atoms with Gasteiger partial charge < -0.3 is 10.1 Å². The molecule has 0 unspecified atom stereocenters. The molecule has 0 spiro atoms. The second kappa shape index (κ2) is 6.13. The van der Waals surface area contributed by atoms with Crippen molar-refractivity contribution < 1.29 is 9.53 Å². The summed E-state index contributed by atoms with van der Waals surface area (Å²) in [5.41, 5.74) is 2.02. The minimum absolute atomic E-state index is 0.0759. The first-order valence-electron chi connectivity index (χ1n) is 7.32. The highest BCUT2D eigenvalue weighted by atomic mass is 79.9. The molecule has 1 amide bonds. The Bertz CT molecular complexity index is 681. The normalized spacial score (nSPS) is 15.2. The highest BCUT2D eigenvalue weighted by Crippen LogP contribution is 2.47. The maximum absolute atomic E-state index is 12.4. The molecule has 114 valence electrons. The van der Waals surface area contributed by atoms with Crippen LogP contribution in [0.1, 0.15) is 28.8 Å². The van der Waals surface area contributed by atoms with Crippen molar-refractivity contribution in [2.45, 2.75) is 18.3 Å².